The predicted octanol–water partition coefficient (Wildman–Crippen LogP) is 4.63. The lowest BCUT2D eigenvalue weighted by atomic mass is 10.1. The van der Waals surface area contributed by atoms with Gasteiger partial charge in [-0.05, 0) is 35.9 Å². The second kappa shape index (κ2) is 8.08. The van der Waals surface area contributed by atoms with Crippen LogP contribution >= 0.6 is 11.6 Å². The Bertz CT molecular complexity index is 1030. The van der Waals surface area contributed by atoms with Gasteiger partial charge < -0.3 is 0 Å². The van der Waals surface area contributed by atoms with Crippen LogP contribution in [-0.4, -0.2) is 19.1 Å². The van der Waals surface area contributed by atoms with Crippen LogP contribution in [0.5, 0.6) is 0 Å². The van der Waals surface area contributed by atoms with Crippen molar-refractivity contribution in [2.45, 2.75) is 5.03 Å². The molecule has 0 bridgehead atoms. The van der Waals surface area contributed by atoms with Crippen LogP contribution in [0.2, 0.25) is 5.02 Å². The van der Waals surface area contributed by atoms with Crippen molar-refractivity contribution in [3.8, 4) is 0 Å². The molecule has 2 aromatic carbocycles. The fourth-order valence-electron chi connectivity index (χ4n) is 2.22. The number of hydrogen-bond acceptors (Lipinski definition) is 3. The third-order valence-corrected chi connectivity index (χ3v) is 4.95. The minimum Gasteiger partial charge on any atom is -0.243 e. The number of sulfonamides is 1. The van der Waals surface area contributed by atoms with Gasteiger partial charge in [0.15, 0.2) is 5.03 Å². The maximum Gasteiger partial charge on any atom is 0.300 e. The molecule has 0 amide bonds. The largest absolute Gasteiger partial charge is 0.300 e. The highest BCUT2D eigenvalue weighted by atomic mass is 35.5. The van der Waals surface area contributed by atoms with Gasteiger partial charge in [-0.1, -0.05) is 66.2 Å². The van der Waals surface area contributed by atoms with E-state index in [1.54, 1.807) is 48.6 Å². The molecule has 130 valence electrons. The second-order valence-corrected chi connectivity index (χ2v) is 7.36. The smallest absolute Gasteiger partial charge is 0.243 e. The van der Waals surface area contributed by atoms with Gasteiger partial charge in [-0.25, -0.2) is 4.98 Å². The summed E-state index contributed by atoms with van der Waals surface area (Å²) in [5, 5.41) is 0.465. The van der Waals surface area contributed by atoms with Gasteiger partial charge in [-0.2, -0.15) is 12.8 Å². The first-order chi connectivity index (χ1) is 12.5. The Hall–Kier alpha value is -2.76. The van der Waals surface area contributed by atoms with Crippen LogP contribution in [0.3, 0.4) is 0 Å². The third kappa shape index (κ3) is 4.65. The van der Waals surface area contributed by atoms with E-state index < -0.39 is 10.0 Å². The quantitative estimate of drug-likeness (QED) is 0.604. The molecule has 0 saturated carbocycles. The van der Waals surface area contributed by atoms with Crippen LogP contribution in [0.15, 0.2) is 94.5 Å². The van der Waals surface area contributed by atoms with Gasteiger partial charge in [0.1, 0.15) is 0 Å². The van der Waals surface area contributed by atoms with E-state index in [1.807, 2.05) is 30.3 Å². The first-order valence-electron chi connectivity index (χ1n) is 7.80. The summed E-state index contributed by atoms with van der Waals surface area (Å²) >= 11 is 5.93. The van der Waals surface area contributed by atoms with E-state index in [0.29, 0.717) is 16.3 Å². The van der Waals surface area contributed by atoms with Crippen LogP contribution < -0.4 is 0 Å². The fraction of sp³-hybridized carbons (Fsp3) is 0. The highest BCUT2D eigenvalue weighted by molar-refractivity contribution is 7.90. The van der Waals surface area contributed by atoms with Gasteiger partial charge in [0.25, 0.3) is 10.0 Å². The standard InChI is InChI=1S/C20H15ClN2O2S/c21-18-12-10-17(11-13-18)19(14-9-16-6-2-1-3-7-16)23-26(24,25)20-8-4-5-15-22-20/h1-15H/b14-9+,23-19+. The van der Waals surface area contributed by atoms with Crippen LogP contribution in [0.1, 0.15) is 11.1 Å². The first kappa shape index (κ1) is 18.0. The molecule has 3 rings (SSSR count). The molecule has 0 aliphatic carbocycles. The zero-order valence-corrected chi connectivity index (χ0v) is 15.2. The molecule has 4 nitrogen and oxygen atoms in total. The number of nitrogens with zero attached hydrogens (tertiary/aromatic N) is 2. The number of allylic oxidation sites excluding steroid dienone is 1. The lowest BCUT2D eigenvalue weighted by Gasteiger charge is -2.04. The Balaban J connectivity index is 2.05. The molecule has 1 heterocycles. The van der Waals surface area contributed by atoms with Gasteiger partial charge in [0, 0.05) is 16.8 Å². The Morgan fingerprint density at radius 1 is 0.923 bits per heavy atom. The number of rotatable bonds is 5. The molecule has 26 heavy (non-hydrogen) atoms. The molecule has 0 fully saturated rings. The van der Waals surface area contributed by atoms with Crippen molar-refractivity contribution >= 4 is 33.4 Å². The van der Waals surface area contributed by atoms with Crippen molar-refractivity contribution in [1.29, 1.82) is 0 Å². The Kier molecular flexibility index (Phi) is 5.61. The summed E-state index contributed by atoms with van der Waals surface area (Å²) in [6.45, 7) is 0. The molecule has 0 unspecified atom stereocenters. The third-order valence-electron chi connectivity index (χ3n) is 3.49. The monoisotopic (exact) mass is 382 g/mol. The summed E-state index contributed by atoms with van der Waals surface area (Å²) in [5.74, 6) is 0. The average molecular weight is 383 g/mol. The average Bonchev–Trinajstić information content (AvgIpc) is 2.67. The Morgan fingerprint density at radius 3 is 2.27 bits per heavy atom. The lowest BCUT2D eigenvalue weighted by molar-refractivity contribution is 0.594. The van der Waals surface area contributed by atoms with E-state index in [-0.39, 0.29) is 5.03 Å². The maximum atomic E-state index is 12.6. The van der Waals surface area contributed by atoms with Crippen molar-refractivity contribution in [3.63, 3.8) is 0 Å². The highest BCUT2D eigenvalue weighted by Crippen LogP contribution is 2.15. The molecule has 0 spiro atoms. The number of pyridine rings is 1. The maximum absolute atomic E-state index is 12.6. The molecule has 0 radical (unpaired) electrons. The zero-order valence-electron chi connectivity index (χ0n) is 13.7. The van der Waals surface area contributed by atoms with Gasteiger partial charge in [0.2, 0.25) is 0 Å². The summed E-state index contributed by atoms with van der Waals surface area (Å²) < 4.78 is 29.2. The van der Waals surface area contributed by atoms with Crippen molar-refractivity contribution in [3.05, 3.63) is 101 Å². The van der Waals surface area contributed by atoms with Crippen LogP contribution in [0.25, 0.3) is 6.08 Å². The van der Waals surface area contributed by atoms with E-state index in [9.17, 15) is 8.42 Å². The predicted molar refractivity (Wildman–Crippen MR) is 105 cm³/mol. The molecular formula is C20H15ClN2O2S. The van der Waals surface area contributed by atoms with Crippen molar-refractivity contribution in [1.82, 2.24) is 4.98 Å². The second-order valence-electron chi connectivity index (χ2n) is 5.37. The molecule has 3 aromatic rings. The topological polar surface area (TPSA) is 59.4 Å². The molecule has 0 atom stereocenters. The Morgan fingerprint density at radius 2 is 1.62 bits per heavy atom. The van der Waals surface area contributed by atoms with Crippen molar-refractivity contribution < 1.29 is 8.42 Å². The molecule has 6 heteroatoms. The summed E-state index contributed by atoms with van der Waals surface area (Å²) in [7, 11) is -3.93. The van der Waals surface area contributed by atoms with Crippen LogP contribution in [-0.2, 0) is 10.0 Å². The summed E-state index contributed by atoms with van der Waals surface area (Å²) in [6, 6.07) is 21.1. The van der Waals surface area contributed by atoms with Gasteiger partial charge in [-0.15, -0.1) is 0 Å². The highest BCUT2D eigenvalue weighted by Gasteiger charge is 2.15. The molecule has 0 N–H and O–H groups in total. The lowest BCUT2D eigenvalue weighted by Crippen LogP contribution is -2.05. The van der Waals surface area contributed by atoms with E-state index >= 15 is 0 Å². The normalized spacial score (nSPS) is 12.4. The van der Waals surface area contributed by atoms with Crippen molar-refractivity contribution in [2.75, 3.05) is 0 Å². The fourth-order valence-corrected chi connectivity index (χ4v) is 3.30. The van der Waals surface area contributed by atoms with Crippen molar-refractivity contribution in [2.24, 2.45) is 4.40 Å². The van der Waals surface area contributed by atoms with Crippen LogP contribution in [0, 0.1) is 0 Å². The number of benzene rings is 2. The molecule has 0 saturated heterocycles. The molecular weight excluding hydrogens is 368 g/mol. The van der Waals surface area contributed by atoms with E-state index in [0.717, 1.165) is 5.56 Å². The minimum absolute atomic E-state index is 0.0976. The number of aromatic nitrogens is 1. The van der Waals surface area contributed by atoms with Crippen LogP contribution in [0.4, 0.5) is 0 Å². The Labute approximate surface area is 157 Å². The number of hydrogen-bond donors (Lipinski definition) is 0. The summed E-state index contributed by atoms with van der Waals surface area (Å²) in [6.07, 6.45) is 4.89. The molecule has 0 aliphatic rings. The van der Waals surface area contributed by atoms with E-state index in [4.69, 9.17) is 11.6 Å². The minimum atomic E-state index is -3.93. The van der Waals surface area contributed by atoms with E-state index in [2.05, 4.69) is 9.38 Å². The summed E-state index contributed by atoms with van der Waals surface area (Å²) in [4.78, 5) is 3.89. The molecule has 0 aliphatic heterocycles. The molecule has 1 aromatic heterocycles. The van der Waals surface area contributed by atoms with Gasteiger partial charge in [0.05, 0.1) is 5.71 Å². The van der Waals surface area contributed by atoms with Gasteiger partial charge >= 0.3 is 0 Å². The zero-order chi connectivity index (χ0) is 18.4. The number of halogens is 1. The summed E-state index contributed by atoms with van der Waals surface area (Å²) in [5.41, 5.74) is 1.88. The van der Waals surface area contributed by atoms with E-state index in [1.165, 1.54) is 12.3 Å². The van der Waals surface area contributed by atoms with Gasteiger partial charge in [-0.3, -0.25) is 0 Å². The SMILES string of the molecule is O=S(=O)(/N=C(\C=C\c1ccccc1)c1ccc(Cl)cc1)c1ccccn1. The first-order valence-corrected chi connectivity index (χ1v) is 9.61.